The van der Waals surface area contributed by atoms with E-state index in [2.05, 4.69) is 15.2 Å². The third-order valence-corrected chi connectivity index (χ3v) is 3.99. The number of aromatic nitrogens is 5. The number of rotatable bonds is 4. The molecule has 0 radical (unpaired) electrons. The second-order valence-electron chi connectivity index (χ2n) is 4.26. The van der Waals surface area contributed by atoms with Gasteiger partial charge in [0.1, 0.15) is 5.69 Å². The Morgan fingerprint density at radius 2 is 2.24 bits per heavy atom. The molecule has 0 saturated heterocycles. The first kappa shape index (κ1) is 13.4. The van der Waals surface area contributed by atoms with Crippen molar-refractivity contribution in [2.75, 3.05) is 5.73 Å². The van der Waals surface area contributed by atoms with Gasteiger partial charge in [-0.05, 0) is 11.0 Å². The molecule has 0 aromatic carbocycles. The molecule has 3 aromatic heterocycles. The molecule has 108 valence electrons. The molecular formula is C11H11N7O2S. The topological polar surface area (TPSA) is 117 Å². The highest BCUT2D eigenvalue weighted by molar-refractivity contribution is 7.98. The fraction of sp³-hybridized carbons (Fsp3) is 0.182. The van der Waals surface area contributed by atoms with E-state index >= 15 is 0 Å². The van der Waals surface area contributed by atoms with Crippen molar-refractivity contribution in [1.29, 1.82) is 0 Å². The van der Waals surface area contributed by atoms with E-state index in [1.165, 1.54) is 16.2 Å². The van der Waals surface area contributed by atoms with Gasteiger partial charge in [0.05, 0.1) is 11.9 Å². The molecule has 0 aliphatic carbocycles. The fourth-order valence-electron chi connectivity index (χ4n) is 1.91. The van der Waals surface area contributed by atoms with Crippen LogP contribution in [0.3, 0.4) is 0 Å². The van der Waals surface area contributed by atoms with Crippen LogP contribution in [-0.2, 0) is 12.8 Å². The molecule has 0 fully saturated rings. The Labute approximate surface area is 122 Å². The second-order valence-corrected chi connectivity index (χ2v) is 5.20. The third-order valence-electron chi connectivity index (χ3n) is 2.95. The molecule has 0 aliphatic rings. The number of imidazole rings is 1. The number of nitro groups is 1. The zero-order chi connectivity index (χ0) is 15.0. The monoisotopic (exact) mass is 305 g/mol. The maximum atomic E-state index is 11.3. The number of anilines is 1. The Balaban J connectivity index is 1.95. The molecule has 3 heterocycles. The predicted octanol–water partition coefficient (Wildman–Crippen LogP) is 1.25. The molecule has 0 atom stereocenters. The summed E-state index contributed by atoms with van der Waals surface area (Å²) >= 11 is 1.30. The van der Waals surface area contributed by atoms with Crippen LogP contribution in [0.25, 0.3) is 5.65 Å². The molecule has 0 unspecified atom stereocenters. The van der Waals surface area contributed by atoms with Gasteiger partial charge in [-0.25, -0.2) is 4.98 Å². The van der Waals surface area contributed by atoms with Gasteiger partial charge < -0.3 is 15.8 Å². The van der Waals surface area contributed by atoms with Crippen LogP contribution < -0.4 is 5.73 Å². The molecule has 0 aliphatic heterocycles. The Hall–Kier alpha value is -2.62. The van der Waals surface area contributed by atoms with Gasteiger partial charge in [-0.1, -0.05) is 17.8 Å². The van der Waals surface area contributed by atoms with E-state index in [0.717, 1.165) is 0 Å². The lowest BCUT2D eigenvalue weighted by Gasteiger charge is -2.00. The SMILES string of the molecule is Cn1c(N)nnc1SCc1nc2ccccn2c1[N+](=O)[O-]. The zero-order valence-electron chi connectivity index (χ0n) is 11.0. The highest BCUT2D eigenvalue weighted by Crippen LogP contribution is 2.27. The van der Waals surface area contributed by atoms with Gasteiger partial charge in [-0.3, -0.25) is 4.57 Å². The van der Waals surface area contributed by atoms with Crippen molar-refractivity contribution in [3.05, 3.63) is 40.2 Å². The van der Waals surface area contributed by atoms with E-state index in [9.17, 15) is 10.1 Å². The maximum absolute atomic E-state index is 11.3. The standard InChI is InChI=1S/C11H11N7O2S/c1-16-10(12)14-15-11(16)21-6-7-9(18(19)20)17-5-3-2-4-8(17)13-7/h2-5H,6H2,1H3,(H2,12,14). The summed E-state index contributed by atoms with van der Waals surface area (Å²) < 4.78 is 3.08. The molecule has 2 N–H and O–H groups in total. The zero-order valence-corrected chi connectivity index (χ0v) is 11.8. The molecule has 10 heteroatoms. The highest BCUT2D eigenvalue weighted by Gasteiger charge is 2.22. The maximum Gasteiger partial charge on any atom is 0.351 e. The molecule has 0 amide bonds. The minimum atomic E-state index is -0.430. The Morgan fingerprint density at radius 1 is 1.43 bits per heavy atom. The van der Waals surface area contributed by atoms with E-state index in [-0.39, 0.29) is 5.82 Å². The van der Waals surface area contributed by atoms with Gasteiger partial charge in [0, 0.05) is 13.1 Å². The van der Waals surface area contributed by atoms with Crippen LogP contribution in [0, 0.1) is 10.1 Å². The van der Waals surface area contributed by atoms with Gasteiger partial charge in [0.25, 0.3) is 0 Å². The Bertz CT molecular complexity index is 825. The van der Waals surface area contributed by atoms with E-state index in [1.807, 2.05) is 0 Å². The molecule has 0 bridgehead atoms. The first-order valence-corrected chi connectivity index (χ1v) is 6.94. The summed E-state index contributed by atoms with van der Waals surface area (Å²) in [5.74, 6) is 0.569. The molecule has 3 aromatic rings. The van der Waals surface area contributed by atoms with Crippen molar-refractivity contribution in [3.63, 3.8) is 0 Å². The minimum absolute atomic E-state index is 0.0340. The van der Waals surface area contributed by atoms with Crippen molar-refractivity contribution in [1.82, 2.24) is 24.1 Å². The highest BCUT2D eigenvalue weighted by atomic mass is 32.2. The lowest BCUT2D eigenvalue weighted by atomic mass is 10.5. The van der Waals surface area contributed by atoms with E-state index < -0.39 is 4.92 Å². The van der Waals surface area contributed by atoms with Crippen LogP contribution in [0.5, 0.6) is 0 Å². The fourth-order valence-corrected chi connectivity index (χ4v) is 2.75. The van der Waals surface area contributed by atoms with Crippen LogP contribution in [0.2, 0.25) is 0 Å². The number of nitrogen functional groups attached to an aromatic ring is 1. The number of hydrogen-bond acceptors (Lipinski definition) is 7. The normalized spacial score (nSPS) is 11.1. The smallest absolute Gasteiger partial charge is 0.351 e. The van der Waals surface area contributed by atoms with Gasteiger partial charge >= 0.3 is 5.82 Å². The van der Waals surface area contributed by atoms with Crippen LogP contribution in [0.1, 0.15) is 5.69 Å². The molecule has 9 nitrogen and oxygen atoms in total. The van der Waals surface area contributed by atoms with Crippen LogP contribution in [-0.4, -0.2) is 29.1 Å². The Kier molecular flexibility index (Phi) is 3.22. The largest absolute Gasteiger partial charge is 0.368 e. The van der Waals surface area contributed by atoms with E-state index in [4.69, 9.17) is 5.73 Å². The Morgan fingerprint density at radius 3 is 2.90 bits per heavy atom. The first-order valence-electron chi connectivity index (χ1n) is 5.96. The van der Waals surface area contributed by atoms with Gasteiger partial charge in [0.15, 0.2) is 5.16 Å². The first-order chi connectivity index (χ1) is 10.1. The lowest BCUT2D eigenvalue weighted by molar-refractivity contribution is -0.391. The summed E-state index contributed by atoms with van der Waals surface area (Å²) in [4.78, 5) is 15.1. The van der Waals surface area contributed by atoms with Crippen molar-refractivity contribution in [2.24, 2.45) is 7.05 Å². The molecular weight excluding hydrogens is 294 g/mol. The molecule has 0 saturated carbocycles. The van der Waals surface area contributed by atoms with E-state index in [1.54, 1.807) is 36.0 Å². The summed E-state index contributed by atoms with van der Waals surface area (Å²) in [5, 5.41) is 19.5. The van der Waals surface area contributed by atoms with Crippen molar-refractivity contribution < 1.29 is 4.92 Å². The van der Waals surface area contributed by atoms with E-state index in [0.29, 0.717) is 28.2 Å². The average Bonchev–Trinajstić information content (AvgIpc) is 2.98. The van der Waals surface area contributed by atoms with Crippen molar-refractivity contribution in [3.8, 4) is 0 Å². The summed E-state index contributed by atoms with van der Waals surface area (Å²) in [6.07, 6.45) is 1.62. The number of hydrogen-bond donors (Lipinski definition) is 1. The summed E-state index contributed by atoms with van der Waals surface area (Å²) in [6, 6.07) is 5.23. The van der Waals surface area contributed by atoms with Crippen LogP contribution in [0.4, 0.5) is 11.8 Å². The average molecular weight is 305 g/mol. The van der Waals surface area contributed by atoms with Crippen LogP contribution >= 0.6 is 11.8 Å². The number of thioether (sulfide) groups is 1. The number of nitrogens with two attached hydrogens (primary N) is 1. The summed E-state index contributed by atoms with van der Waals surface area (Å²) in [5.41, 5.74) is 6.52. The molecule has 0 spiro atoms. The van der Waals surface area contributed by atoms with Crippen molar-refractivity contribution >= 4 is 29.2 Å². The third kappa shape index (κ3) is 2.29. The predicted molar refractivity (Wildman–Crippen MR) is 76.8 cm³/mol. The lowest BCUT2D eigenvalue weighted by Crippen LogP contribution is -1.99. The minimum Gasteiger partial charge on any atom is -0.368 e. The molecule has 21 heavy (non-hydrogen) atoms. The quantitative estimate of drug-likeness (QED) is 0.438. The summed E-state index contributed by atoms with van der Waals surface area (Å²) in [7, 11) is 1.73. The van der Waals surface area contributed by atoms with Gasteiger partial charge in [-0.15, -0.1) is 10.2 Å². The number of fused-ring (bicyclic) bond motifs is 1. The van der Waals surface area contributed by atoms with Gasteiger partial charge in [-0.2, -0.15) is 4.40 Å². The van der Waals surface area contributed by atoms with Crippen molar-refractivity contribution in [2.45, 2.75) is 10.9 Å². The summed E-state index contributed by atoms with van der Waals surface area (Å²) in [6.45, 7) is 0. The second kappa shape index (κ2) is 5.05. The van der Waals surface area contributed by atoms with Crippen LogP contribution in [0.15, 0.2) is 29.6 Å². The van der Waals surface area contributed by atoms with Gasteiger partial charge in [0.2, 0.25) is 11.6 Å². The number of pyridine rings is 1. The number of nitrogens with zero attached hydrogens (tertiary/aromatic N) is 6. The molecule has 3 rings (SSSR count).